The number of hydrogen-bond donors (Lipinski definition) is 1. The number of likely N-dealkylation sites (N-methyl/N-ethyl adjacent to an activating group) is 2. The monoisotopic (exact) mass is 405 g/mol. The van der Waals surface area contributed by atoms with Gasteiger partial charge < -0.3 is 23.5 Å². The minimum Gasteiger partial charge on any atom is -0.756 e. The Bertz CT molecular complexity index is 678. The van der Waals surface area contributed by atoms with Crippen LogP contribution >= 0.6 is 7.82 Å². The molecule has 0 fully saturated rings. The van der Waals surface area contributed by atoms with Gasteiger partial charge >= 0.3 is 0 Å². The van der Waals surface area contributed by atoms with E-state index in [4.69, 9.17) is 9.05 Å². The Hall–Kier alpha value is -1.39. The fourth-order valence-corrected chi connectivity index (χ4v) is 2.85. The molecule has 1 unspecified atom stereocenters. The maximum Gasteiger partial charge on any atom is 0.269 e. The van der Waals surface area contributed by atoms with E-state index in [-0.39, 0.29) is 32.1 Å². The Morgan fingerprint density at radius 1 is 1.22 bits per heavy atom. The lowest BCUT2D eigenvalue weighted by Gasteiger charge is -2.27. The summed E-state index contributed by atoms with van der Waals surface area (Å²) in [7, 11) is 3.11. The van der Waals surface area contributed by atoms with Gasteiger partial charge in [0, 0.05) is 25.2 Å². The van der Waals surface area contributed by atoms with Gasteiger partial charge in [-0.2, -0.15) is 0 Å². The zero-order chi connectivity index (χ0) is 20.7. The summed E-state index contributed by atoms with van der Waals surface area (Å²) in [5.74, 6) is 0. The number of rotatable bonds is 12. The van der Waals surface area contributed by atoms with E-state index in [0.29, 0.717) is 28.7 Å². The van der Waals surface area contributed by atoms with Crippen LogP contribution < -0.4 is 4.89 Å². The Kier molecular flexibility index (Phi) is 8.97. The number of hydrogen-bond acceptors (Lipinski definition) is 8. The normalized spacial score (nSPS) is 14.3. The molecule has 0 saturated carbocycles. The molecule has 0 aromatic heterocycles. The van der Waals surface area contributed by atoms with Gasteiger partial charge in [-0.25, -0.2) is 0 Å². The van der Waals surface area contributed by atoms with Gasteiger partial charge in [-0.3, -0.25) is 19.6 Å². The first-order valence-electron chi connectivity index (χ1n) is 8.40. The molecule has 1 aromatic carbocycles. The molecule has 1 atom stereocenters. The zero-order valence-corrected chi connectivity index (χ0v) is 17.1. The van der Waals surface area contributed by atoms with Crippen molar-refractivity contribution in [3.05, 3.63) is 39.4 Å². The molecule has 0 spiro atoms. The summed E-state index contributed by atoms with van der Waals surface area (Å²) < 4.78 is 22.0. The quantitative estimate of drug-likeness (QED) is 0.233. The third-order valence-corrected chi connectivity index (χ3v) is 4.74. The van der Waals surface area contributed by atoms with Crippen LogP contribution in [0.5, 0.6) is 0 Å². The molecule has 1 N–H and O–H groups in total. The average Bonchev–Trinajstić information content (AvgIpc) is 2.52. The topological polar surface area (TPSA) is 125 Å². The van der Waals surface area contributed by atoms with Crippen LogP contribution in [0, 0.1) is 10.1 Å². The SMILES string of the molecule is CN(CCOP(=O)([O-])OCC[N+](C)(C)C)Cc1cc([N+](=O)[O-])ccc1CO. The number of nitrogens with zero attached hydrogens (tertiary/aromatic N) is 3. The molecule has 0 saturated heterocycles. The van der Waals surface area contributed by atoms with Crippen molar-refractivity contribution >= 4 is 13.5 Å². The van der Waals surface area contributed by atoms with Crippen LogP contribution in [0.3, 0.4) is 0 Å². The van der Waals surface area contributed by atoms with E-state index in [0.717, 1.165) is 0 Å². The van der Waals surface area contributed by atoms with Crippen LogP contribution in [-0.2, 0) is 26.8 Å². The smallest absolute Gasteiger partial charge is 0.269 e. The van der Waals surface area contributed by atoms with Gasteiger partial charge in [-0.15, -0.1) is 0 Å². The van der Waals surface area contributed by atoms with Gasteiger partial charge in [-0.05, 0) is 24.2 Å². The van der Waals surface area contributed by atoms with E-state index >= 15 is 0 Å². The third kappa shape index (κ3) is 9.39. The van der Waals surface area contributed by atoms with Crippen LogP contribution in [0.2, 0.25) is 0 Å². The number of quaternary nitrogens is 1. The van der Waals surface area contributed by atoms with Crippen molar-refractivity contribution in [3.8, 4) is 0 Å². The van der Waals surface area contributed by atoms with Crippen LogP contribution in [-0.4, -0.2) is 73.9 Å². The highest BCUT2D eigenvalue weighted by atomic mass is 31.2. The van der Waals surface area contributed by atoms with Crippen LogP contribution in [0.25, 0.3) is 0 Å². The molecule has 1 rings (SSSR count). The summed E-state index contributed by atoms with van der Waals surface area (Å²) in [5, 5.41) is 20.3. The summed E-state index contributed by atoms with van der Waals surface area (Å²) in [6.45, 7) is 0.767. The molecule has 0 bridgehead atoms. The number of phosphoric ester groups is 1. The summed E-state index contributed by atoms with van der Waals surface area (Å²) in [5.41, 5.74) is 1.10. The van der Waals surface area contributed by atoms with Crippen LogP contribution in [0.15, 0.2) is 18.2 Å². The Balaban J connectivity index is 2.51. The van der Waals surface area contributed by atoms with Crippen molar-refractivity contribution in [3.63, 3.8) is 0 Å². The van der Waals surface area contributed by atoms with E-state index in [2.05, 4.69) is 0 Å². The van der Waals surface area contributed by atoms with Crippen LogP contribution in [0.4, 0.5) is 5.69 Å². The summed E-state index contributed by atoms with van der Waals surface area (Å²) in [6.07, 6.45) is 0. The number of non-ortho nitro benzene ring substituents is 1. The second-order valence-corrected chi connectivity index (χ2v) is 8.64. The van der Waals surface area contributed by atoms with Crippen molar-refractivity contribution in [1.82, 2.24) is 4.90 Å². The highest BCUT2D eigenvalue weighted by molar-refractivity contribution is 7.45. The van der Waals surface area contributed by atoms with Gasteiger partial charge in [0.2, 0.25) is 0 Å². The van der Waals surface area contributed by atoms with Gasteiger partial charge in [0.1, 0.15) is 13.2 Å². The number of nitro groups is 1. The first-order valence-corrected chi connectivity index (χ1v) is 9.86. The van der Waals surface area contributed by atoms with Gasteiger partial charge in [0.05, 0.1) is 39.3 Å². The first-order chi connectivity index (χ1) is 12.4. The van der Waals surface area contributed by atoms with Gasteiger partial charge in [0.15, 0.2) is 0 Å². The number of benzene rings is 1. The second-order valence-electron chi connectivity index (χ2n) is 7.23. The lowest BCUT2D eigenvalue weighted by atomic mass is 10.1. The molecular formula is C16H28N3O7P. The van der Waals surface area contributed by atoms with Crippen molar-refractivity contribution in [2.24, 2.45) is 0 Å². The van der Waals surface area contributed by atoms with Gasteiger partial charge in [-0.1, -0.05) is 0 Å². The first kappa shape index (κ1) is 23.6. The molecule has 27 heavy (non-hydrogen) atoms. The molecule has 0 aliphatic rings. The van der Waals surface area contributed by atoms with Crippen molar-refractivity contribution < 1.29 is 33.0 Å². The Morgan fingerprint density at radius 3 is 2.41 bits per heavy atom. The molecule has 0 aliphatic carbocycles. The molecule has 1 aromatic rings. The van der Waals surface area contributed by atoms with E-state index < -0.39 is 12.7 Å². The average molecular weight is 405 g/mol. The highest BCUT2D eigenvalue weighted by Gasteiger charge is 2.15. The van der Waals surface area contributed by atoms with Crippen molar-refractivity contribution in [2.75, 3.05) is 54.5 Å². The molecule has 154 valence electrons. The Labute approximate surface area is 159 Å². The molecule has 10 nitrogen and oxygen atoms in total. The number of aliphatic hydroxyl groups excluding tert-OH is 1. The van der Waals surface area contributed by atoms with Crippen LogP contribution in [0.1, 0.15) is 11.1 Å². The number of aliphatic hydroxyl groups is 1. The van der Waals surface area contributed by atoms with Crippen molar-refractivity contribution in [1.29, 1.82) is 0 Å². The standard InChI is InChI=1S/C16H28N3O7P/c1-17(7-9-25-27(23,24)26-10-8-19(2,3)4)12-15-11-16(18(21)22)6-5-14(15)13-20/h5-6,11,20H,7-10,12-13H2,1-4H3. The minimum atomic E-state index is -4.37. The third-order valence-electron chi connectivity index (χ3n) is 3.75. The highest BCUT2D eigenvalue weighted by Crippen LogP contribution is 2.37. The molecule has 11 heteroatoms. The number of phosphoric acid groups is 1. The molecular weight excluding hydrogens is 377 g/mol. The summed E-state index contributed by atoms with van der Waals surface area (Å²) in [4.78, 5) is 23.9. The molecule has 0 amide bonds. The predicted molar refractivity (Wildman–Crippen MR) is 97.8 cm³/mol. The van der Waals surface area contributed by atoms with E-state index in [1.54, 1.807) is 11.9 Å². The Morgan fingerprint density at radius 2 is 1.85 bits per heavy atom. The van der Waals surface area contributed by atoms with E-state index in [1.807, 2.05) is 21.1 Å². The maximum atomic E-state index is 11.7. The zero-order valence-electron chi connectivity index (χ0n) is 16.2. The van der Waals surface area contributed by atoms with E-state index in [9.17, 15) is 24.7 Å². The fraction of sp³-hybridized carbons (Fsp3) is 0.625. The largest absolute Gasteiger partial charge is 0.756 e. The fourth-order valence-electron chi connectivity index (χ4n) is 2.17. The lowest BCUT2D eigenvalue weighted by molar-refractivity contribution is -0.870. The van der Waals surface area contributed by atoms with Gasteiger partial charge in [0.25, 0.3) is 13.5 Å². The minimum absolute atomic E-state index is 0.0354. The molecule has 0 radical (unpaired) electrons. The summed E-state index contributed by atoms with van der Waals surface area (Å²) >= 11 is 0. The predicted octanol–water partition coefficient (Wildman–Crippen LogP) is 0.727. The number of nitro benzene ring substituents is 1. The second kappa shape index (κ2) is 10.2. The maximum absolute atomic E-state index is 11.7. The van der Waals surface area contributed by atoms with Crippen molar-refractivity contribution in [2.45, 2.75) is 13.2 Å². The molecule has 0 aliphatic heterocycles. The molecule has 0 heterocycles. The lowest BCUT2D eigenvalue weighted by Crippen LogP contribution is -2.37. The summed E-state index contributed by atoms with van der Waals surface area (Å²) in [6, 6.07) is 4.24. The van der Waals surface area contributed by atoms with E-state index in [1.165, 1.54) is 18.2 Å².